The number of aromatic nitrogens is 2. The topological polar surface area (TPSA) is 75.5 Å². The highest BCUT2D eigenvalue weighted by molar-refractivity contribution is 5.72. The first-order valence-electron chi connectivity index (χ1n) is 6.00. The summed E-state index contributed by atoms with van der Waals surface area (Å²) in [6.07, 6.45) is 1.69. The molecule has 1 aliphatic heterocycles. The van der Waals surface area contributed by atoms with Crippen LogP contribution in [0.25, 0.3) is 0 Å². The lowest BCUT2D eigenvalue weighted by atomic mass is 10.0. The lowest BCUT2D eigenvalue weighted by Crippen LogP contribution is -2.44. The Balaban J connectivity index is 2.25. The highest BCUT2D eigenvalue weighted by Gasteiger charge is 2.38. The van der Waals surface area contributed by atoms with E-state index in [0.29, 0.717) is 19.1 Å². The first-order valence-corrected chi connectivity index (χ1v) is 6.00. The molecule has 0 radical (unpaired) electrons. The van der Waals surface area contributed by atoms with Crippen LogP contribution in [0.4, 0.5) is 5.95 Å². The van der Waals surface area contributed by atoms with Crippen LogP contribution in [0.5, 0.6) is 0 Å². The fourth-order valence-corrected chi connectivity index (χ4v) is 2.18. The van der Waals surface area contributed by atoms with E-state index in [0.717, 1.165) is 5.69 Å². The Bertz CT molecular complexity index is 438. The summed E-state index contributed by atoms with van der Waals surface area (Å²) in [5.74, 6) is -0.781. The predicted molar refractivity (Wildman–Crippen MR) is 65.5 cm³/mol. The van der Waals surface area contributed by atoms with E-state index in [1.807, 2.05) is 24.8 Å². The van der Waals surface area contributed by atoms with Crippen LogP contribution in [0.1, 0.15) is 12.6 Å². The van der Waals surface area contributed by atoms with Gasteiger partial charge in [-0.25, -0.2) is 9.97 Å². The van der Waals surface area contributed by atoms with E-state index < -0.39 is 11.9 Å². The van der Waals surface area contributed by atoms with Gasteiger partial charge in [0.2, 0.25) is 5.95 Å². The molecule has 1 aromatic rings. The molecule has 0 bridgehead atoms. The number of aryl methyl sites for hydroxylation is 1. The third-order valence-corrected chi connectivity index (χ3v) is 3.15. The Labute approximate surface area is 106 Å². The van der Waals surface area contributed by atoms with Crippen molar-refractivity contribution in [2.45, 2.75) is 19.9 Å². The molecule has 0 aliphatic carbocycles. The third kappa shape index (κ3) is 2.43. The lowest BCUT2D eigenvalue weighted by molar-refractivity contribution is -0.141. The van der Waals surface area contributed by atoms with Crippen LogP contribution in [0.3, 0.4) is 0 Å². The van der Waals surface area contributed by atoms with Gasteiger partial charge in [-0.05, 0) is 19.9 Å². The van der Waals surface area contributed by atoms with Gasteiger partial charge < -0.3 is 14.7 Å². The number of hydrogen-bond acceptors (Lipinski definition) is 5. The summed E-state index contributed by atoms with van der Waals surface area (Å²) in [5, 5.41) is 9.18. The van der Waals surface area contributed by atoms with E-state index in [-0.39, 0.29) is 12.6 Å². The maximum atomic E-state index is 11.2. The maximum absolute atomic E-state index is 11.2. The molecule has 6 heteroatoms. The van der Waals surface area contributed by atoms with Crippen molar-refractivity contribution in [1.29, 1.82) is 0 Å². The number of carboxylic acid groups (broad SMARTS) is 1. The summed E-state index contributed by atoms with van der Waals surface area (Å²) in [6.45, 7) is 5.16. The molecule has 0 saturated carbocycles. The highest BCUT2D eigenvalue weighted by atomic mass is 16.5. The van der Waals surface area contributed by atoms with Gasteiger partial charge in [0.1, 0.15) is 5.92 Å². The summed E-state index contributed by atoms with van der Waals surface area (Å²) < 4.78 is 5.29. The van der Waals surface area contributed by atoms with E-state index in [1.54, 1.807) is 6.20 Å². The molecule has 1 N–H and O–H groups in total. The number of rotatable bonds is 4. The standard InChI is InChI=1S/C12H17N3O3/c1-3-15(12-13-5-4-8(2)14-12)10-7-18-6-9(10)11(16)17/h4-5,9-10H,3,6-7H2,1-2H3,(H,16,17). The van der Waals surface area contributed by atoms with Gasteiger partial charge in [-0.3, -0.25) is 4.79 Å². The summed E-state index contributed by atoms with van der Waals surface area (Å²) >= 11 is 0. The molecule has 1 saturated heterocycles. The van der Waals surface area contributed by atoms with E-state index in [1.165, 1.54) is 0 Å². The molecule has 18 heavy (non-hydrogen) atoms. The zero-order valence-electron chi connectivity index (χ0n) is 10.5. The molecule has 2 heterocycles. The van der Waals surface area contributed by atoms with Crippen molar-refractivity contribution in [3.63, 3.8) is 0 Å². The van der Waals surface area contributed by atoms with Gasteiger partial charge in [0.25, 0.3) is 0 Å². The largest absolute Gasteiger partial charge is 0.481 e. The number of anilines is 1. The number of ether oxygens (including phenoxy) is 1. The summed E-state index contributed by atoms with van der Waals surface area (Å²) in [7, 11) is 0. The number of hydrogen-bond donors (Lipinski definition) is 1. The van der Waals surface area contributed by atoms with Crippen LogP contribution in [0.15, 0.2) is 12.3 Å². The molecule has 0 spiro atoms. The van der Waals surface area contributed by atoms with Gasteiger partial charge in [0, 0.05) is 18.4 Å². The molecule has 2 atom stereocenters. The van der Waals surface area contributed by atoms with Gasteiger partial charge in [-0.15, -0.1) is 0 Å². The molecule has 2 rings (SSSR count). The fourth-order valence-electron chi connectivity index (χ4n) is 2.18. The van der Waals surface area contributed by atoms with Crippen LogP contribution in [0, 0.1) is 12.8 Å². The van der Waals surface area contributed by atoms with Crippen molar-refractivity contribution in [1.82, 2.24) is 9.97 Å². The number of nitrogens with zero attached hydrogens (tertiary/aromatic N) is 3. The van der Waals surface area contributed by atoms with Crippen molar-refractivity contribution in [3.8, 4) is 0 Å². The van der Waals surface area contributed by atoms with Gasteiger partial charge in [0.05, 0.1) is 19.3 Å². The first-order chi connectivity index (χ1) is 8.63. The van der Waals surface area contributed by atoms with E-state index >= 15 is 0 Å². The second-order valence-corrected chi connectivity index (χ2v) is 4.33. The number of carbonyl (C=O) groups is 1. The van der Waals surface area contributed by atoms with Crippen molar-refractivity contribution >= 4 is 11.9 Å². The van der Waals surface area contributed by atoms with E-state index in [4.69, 9.17) is 4.74 Å². The van der Waals surface area contributed by atoms with Gasteiger partial charge in [-0.1, -0.05) is 0 Å². The second-order valence-electron chi connectivity index (χ2n) is 4.33. The van der Waals surface area contributed by atoms with Crippen LogP contribution in [-0.4, -0.2) is 46.8 Å². The van der Waals surface area contributed by atoms with Crippen LogP contribution < -0.4 is 4.90 Å². The monoisotopic (exact) mass is 251 g/mol. The van der Waals surface area contributed by atoms with E-state index in [9.17, 15) is 9.90 Å². The quantitative estimate of drug-likeness (QED) is 0.849. The number of carboxylic acids is 1. The minimum atomic E-state index is -0.830. The van der Waals surface area contributed by atoms with Gasteiger partial charge in [-0.2, -0.15) is 0 Å². The number of likely N-dealkylation sites (N-methyl/N-ethyl adjacent to an activating group) is 1. The summed E-state index contributed by atoms with van der Waals surface area (Å²) in [5.41, 5.74) is 0.865. The van der Waals surface area contributed by atoms with E-state index in [2.05, 4.69) is 9.97 Å². The predicted octanol–water partition coefficient (Wildman–Crippen LogP) is 0.711. The van der Waals surface area contributed by atoms with Crippen molar-refractivity contribution in [2.24, 2.45) is 5.92 Å². The summed E-state index contributed by atoms with van der Waals surface area (Å²) in [4.78, 5) is 21.6. The Morgan fingerprint density at radius 2 is 2.39 bits per heavy atom. The average Bonchev–Trinajstić information content (AvgIpc) is 2.79. The molecule has 2 unspecified atom stereocenters. The molecule has 6 nitrogen and oxygen atoms in total. The second kappa shape index (κ2) is 5.30. The van der Waals surface area contributed by atoms with Gasteiger partial charge >= 0.3 is 5.97 Å². The Morgan fingerprint density at radius 3 is 3.00 bits per heavy atom. The first kappa shape index (κ1) is 12.8. The van der Waals surface area contributed by atoms with Crippen molar-refractivity contribution in [3.05, 3.63) is 18.0 Å². The fraction of sp³-hybridized carbons (Fsp3) is 0.583. The van der Waals surface area contributed by atoms with Crippen LogP contribution in [-0.2, 0) is 9.53 Å². The molecule has 0 amide bonds. The number of aliphatic carboxylic acids is 1. The SMILES string of the molecule is CCN(c1nccc(C)n1)C1COCC1C(=O)O. The molecule has 0 aromatic carbocycles. The molecular formula is C12H17N3O3. The van der Waals surface area contributed by atoms with Crippen molar-refractivity contribution < 1.29 is 14.6 Å². The molecular weight excluding hydrogens is 234 g/mol. The molecule has 1 aliphatic rings. The Hall–Kier alpha value is -1.69. The van der Waals surface area contributed by atoms with Crippen molar-refractivity contribution in [2.75, 3.05) is 24.7 Å². The molecule has 1 aromatic heterocycles. The smallest absolute Gasteiger partial charge is 0.311 e. The minimum Gasteiger partial charge on any atom is -0.481 e. The normalized spacial score (nSPS) is 23.0. The third-order valence-electron chi connectivity index (χ3n) is 3.15. The Kier molecular flexibility index (Phi) is 3.76. The Morgan fingerprint density at radius 1 is 1.61 bits per heavy atom. The zero-order valence-corrected chi connectivity index (χ0v) is 10.5. The highest BCUT2D eigenvalue weighted by Crippen LogP contribution is 2.23. The minimum absolute atomic E-state index is 0.200. The van der Waals surface area contributed by atoms with Gasteiger partial charge in [0.15, 0.2) is 0 Å². The molecule has 1 fully saturated rings. The molecule has 98 valence electrons. The summed E-state index contributed by atoms with van der Waals surface area (Å²) in [6, 6.07) is 1.62. The average molecular weight is 251 g/mol. The van der Waals surface area contributed by atoms with Crippen LogP contribution >= 0.6 is 0 Å². The zero-order chi connectivity index (χ0) is 13.1. The van der Waals surface area contributed by atoms with Crippen LogP contribution in [0.2, 0.25) is 0 Å². The lowest BCUT2D eigenvalue weighted by Gasteiger charge is -2.29. The maximum Gasteiger partial charge on any atom is 0.311 e.